The van der Waals surface area contributed by atoms with Gasteiger partial charge in [-0.15, -0.1) is 0 Å². The lowest BCUT2D eigenvalue weighted by atomic mass is 10.0. The molecule has 1 saturated heterocycles. The Bertz CT molecular complexity index is 1340. The van der Waals surface area contributed by atoms with E-state index in [-0.39, 0.29) is 11.8 Å². The molecule has 0 aromatic heterocycles. The minimum Gasteiger partial charge on any atom is -0.371 e. The molecule has 1 aliphatic rings. The molecule has 0 spiro atoms. The first kappa shape index (κ1) is 22.7. The van der Waals surface area contributed by atoms with E-state index in [1.54, 1.807) is 6.07 Å². The van der Waals surface area contributed by atoms with Crippen LogP contribution in [-0.4, -0.2) is 24.9 Å². The fraction of sp³-hybridized carbons (Fsp3) is 0.200. The summed E-state index contributed by atoms with van der Waals surface area (Å²) in [4.78, 5) is 28.6. The summed E-state index contributed by atoms with van der Waals surface area (Å²) < 4.78 is 0. The maximum absolute atomic E-state index is 13.3. The lowest BCUT2D eigenvalue weighted by molar-refractivity contribution is 0.0950. The first-order valence-corrected chi connectivity index (χ1v) is 12.2. The summed E-state index contributed by atoms with van der Waals surface area (Å²) in [5, 5.41) is 8.14. The highest BCUT2D eigenvalue weighted by Crippen LogP contribution is 2.28. The molecule has 1 fully saturated rings. The number of hydrogen-bond acceptors (Lipinski definition) is 3. The van der Waals surface area contributed by atoms with Gasteiger partial charge >= 0.3 is 0 Å². The van der Waals surface area contributed by atoms with Crippen molar-refractivity contribution < 1.29 is 9.59 Å². The van der Waals surface area contributed by atoms with Crippen molar-refractivity contribution in [2.24, 2.45) is 0 Å². The van der Waals surface area contributed by atoms with E-state index in [0.29, 0.717) is 23.4 Å². The van der Waals surface area contributed by atoms with Gasteiger partial charge in [0.25, 0.3) is 11.8 Å². The summed E-state index contributed by atoms with van der Waals surface area (Å²) in [6, 6.07) is 29.1. The molecule has 176 valence electrons. The number of hydrogen-bond donors (Lipinski definition) is 2. The second kappa shape index (κ2) is 10.4. The van der Waals surface area contributed by atoms with Gasteiger partial charge in [0.15, 0.2) is 0 Å². The molecule has 5 heteroatoms. The van der Waals surface area contributed by atoms with Crippen LogP contribution in [0.3, 0.4) is 0 Å². The molecule has 0 atom stereocenters. The number of piperidine rings is 1. The largest absolute Gasteiger partial charge is 0.371 e. The summed E-state index contributed by atoms with van der Waals surface area (Å²) in [6.45, 7) is 2.32. The average molecular weight is 464 g/mol. The number of carbonyl (C=O) groups excluding carboxylic acids is 2. The minimum atomic E-state index is -0.197. The normalized spacial score (nSPS) is 13.4. The van der Waals surface area contributed by atoms with Crippen molar-refractivity contribution in [2.45, 2.75) is 25.8 Å². The average Bonchev–Trinajstić information content (AvgIpc) is 2.92. The van der Waals surface area contributed by atoms with E-state index in [0.717, 1.165) is 48.0 Å². The zero-order chi connectivity index (χ0) is 24.0. The van der Waals surface area contributed by atoms with Crippen LogP contribution < -0.4 is 15.5 Å². The van der Waals surface area contributed by atoms with Crippen molar-refractivity contribution in [1.82, 2.24) is 5.32 Å². The number of nitrogens with one attached hydrogen (secondary N) is 2. The van der Waals surface area contributed by atoms with Crippen molar-refractivity contribution in [3.63, 3.8) is 0 Å². The van der Waals surface area contributed by atoms with Crippen molar-refractivity contribution in [3.8, 4) is 0 Å². The third-order valence-corrected chi connectivity index (χ3v) is 6.50. The van der Waals surface area contributed by atoms with Crippen molar-refractivity contribution >= 4 is 34.0 Å². The molecule has 2 N–H and O–H groups in total. The predicted molar refractivity (Wildman–Crippen MR) is 142 cm³/mol. The smallest absolute Gasteiger partial charge is 0.255 e. The molecule has 0 aliphatic carbocycles. The zero-order valence-corrected chi connectivity index (χ0v) is 19.7. The number of benzene rings is 4. The first-order valence-electron chi connectivity index (χ1n) is 12.2. The molecule has 5 nitrogen and oxygen atoms in total. The standard InChI is InChI=1S/C30H29N3O2/c34-29(25-14-13-23-11-5-6-12-24(23)19-25)32-26-15-16-28(33-17-7-2-8-18-33)27(20-26)30(35)31-21-22-9-3-1-4-10-22/h1,3-6,9-16,19-20H,2,7-8,17-18,21H2,(H,31,35)(H,32,34). The van der Waals surface area contributed by atoms with Crippen molar-refractivity contribution in [3.05, 3.63) is 108 Å². The highest BCUT2D eigenvalue weighted by molar-refractivity contribution is 6.08. The van der Waals surface area contributed by atoms with Crippen molar-refractivity contribution in [2.75, 3.05) is 23.3 Å². The van der Waals surface area contributed by atoms with Gasteiger partial charge < -0.3 is 15.5 Å². The van der Waals surface area contributed by atoms with Crippen LogP contribution >= 0.6 is 0 Å². The molecule has 4 aromatic rings. The Kier molecular flexibility index (Phi) is 6.75. The van der Waals surface area contributed by atoms with Gasteiger partial charge in [-0.2, -0.15) is 0 Å². The van der Waals surface area contributed by atoms with E-state index in [4.69, 9.17) is 0 Å². The Morgan fingerprint density at radius 3 is 2.26 bits per heavy atom. The monoisotopic (exact) mass is 463 g/mol. The van der Waals surface area contributed by atoms with Crippen LogP contribution in [0, 0.1) is 0 Å². The highest BCUT2D eigenvalue weighted by Gasteiger charge is 2.20. The SMILES string of the molecule is O=C(Nc1ccc(N2CCCCC2)c(C(=O)NCc2ccccc2)c1)c1ccc2ccccc2c1. The van der Waals surface area contributed by atoms with Gasteiger partial charge in [0.05, 0.1) is 5.56 Å². The van der Waals surface area contributed by atoms with Gasteiger partial charge in [-0.05, 0) is 65.9 Å². The van der Waals surface area contributed by atoms with Gasteiger partial charge in [0.2, 0.25) is 0 Å². The van der Waals surface area contributed by atoms with E-state index in [1.807, 2.05) is 84.9 Å². The molecule has 4 aromatic carbocycles. The Morgan fingerprint density at radius 2 is 1.46 bits per heavy atom. The van der Waals surface area contributed by atoms with Crippen LogP contribution in [0.15, 0.2) is 91.0 Å². The Morgan fingerprint density at radius 1 is 0.714 bits per heavy atom. The van der Waals surface area contributed by atoms with Crippen molar-refractivity contribution in [1.29, 1.82) is 0 Å². The number of rotatable bonds is 6. The minimum absolute atomic E-state index is 0.142. The van der Waals surface area contributed by atoms with E-state index >= 15 is 0 Å². The molecular formula is C30H29N3O2. The third kappa shape index (κ3) is 5.35. The summed E-state index contributed by atoms with van der Waals surface area (Å²) in [5.41, 5.74) is 3.73. The molecule has 35 heavy (non-hydrogen) atoms. The van der Waals surface area contributed by atoms with Crippen LogP contribution in [0.5, 0.6) is 0 Å². The Balaban J connectivity index is 1.39. The van der Waals surface area contributed by atoms with E-state index in [9.17, 15) is 9.59 Å². The van der Waals surface area contributed by atoms with Gasteiger partial charge in [0, 0.05) is 36.6 Å². The van der Waals surface area contributed by atoms with Gasteiger partial charge in [-0.3, -0.25) is 9.59 Å². The number of nitrogens with zero attached hydrogens (tertiary/aromatic N) is 1. The van der Waals surface area contributed by atoms with Gasteiger partial charge in [-0.1, -0.05) is 60.7 Å². The summed E-state index contributed by atoms with van der Waals surface area (Å²) >= 11 is 0. The highest BCUT2D eigenvalue weighted by atomic mass is 16.2. The molecule has 0 radical (unpaired) electrons. The summed E-state index contributed by atoms with van der Waals surface area (Å²) in [5.74, 6) is -0.339. The van der Waals surface area contributed by atoms with Crippen LogP contribution in [0.1, 0.15) is 45.5 Å². The second-order valence-electron chi connectivity index (χ2n) is 8.96. The molecule has 0 unspecified atom stereocenters. The quantitative estimate of drug-likeness (QED) is 0.368. The zero-order valence-electron chi connectivity index (χ0n) is 19.7. The number of carbonyl (C=O) groups is 2. The summed E-state index contributed by atoms with van der Waals surface area (Å²) in [6.07, 6.45) is 3.45. The molecular weight excluding hydrogens is 434 g/mol. The van der Waals surface area contributed by atoms with Gasteiger partial charge in [0.1, 0.15) is 0 Å². The number of amides is 2. The Hall–Kier alpha value is -4.12. The molecule has 2 amide bonds. The molecule has 1 heterocycles. The fourth-order valence-corrected chi connectivity index (χ4v) is 4.61. The summed E-state index contributed by atoms with van der Waals surface area (Å²) in [7, 11) is 0. The van der Waals surface area contributed by atoms with Crippen LogP contribution in [-0.2, 0) is 6.54 Å². The molecule has 0 bridgehead atoms. The predicted octanol–water partition coefficient (Wildman–Crippen LogP) is 6.01. The lowest BCUT2D eigenvalue weighted by Crippen LogP contribution is -2.32. The number of fused-ring (bicyclic) bond motifs is 1. The van der Waals surface area contributed by atoms with E-state index in [1.165, 1.54) is 6.42 Å². The molecule has 1 aliphatic heterocycles. The van der Waals surface area contributed by atoms with Gasteiger partial charge in [-0.25, -0.2) is 0 Å². The molecule has 0 saturated carbocycles. The number of anilines is 2. The second-order valence-corrected chi connectivity index (χ2v) is 8.96. The fourth-order valence-electron chi connectivity index (χ4n) is 4.61. The maximum Gasteiger partial charge on any atom is 0.255 e. The van der Waals surface area contributed by atoms with E-state index in [2.05, 4.69) is 15.5 Å². The lowest BCUT2D eigenvalue weighted by Gasteiger charge is -2.30. The van der Waals surface area contributed by atoms with Crippen LogP contribution in [0.25, 0.3) is 10.8 Å². The van der Waals surface area contributed by atoms with Crippen LogP contribution in [0.2, 0.25) is 0 Å². The van der Waals surface area contributed by atoms with Crippen LogP contribution in [0.4, 0.5) is 11.4 Å². The maximum atomic E-state index is 13.3. The molecule has 5 rings (SSSR count). The Labute approximate surface area is 205 Å². The topological polar surface area (TPSA) is 61.4 Å². The first-order chi connectivity index (χ1) is 17.2. The third-order valence-electron chi connectivity index (χ3n) is 6.50. The van der Waals surface area contributed by atoms with E-state index < -0.39 is 0 Å².